The predicted molar refractivity (Wildman–Crippen MR) is 92.3 cm³/mol. The van der Waals surface area contributed by atoms with Gasteiger partial charge in [0.1, 0.15) is 10.6 Å². The van der Waals surface area contributed by atoms with Gasteiger partial charge in [-0.05, 0) is 36.6 Å². The van der Waals surface area contributed by atoms with Crippen LogP contribution in [-0.2, 0) is 16.5 Å². The molecule has 6 heteroatoms. The topological polar surface area (TPSA) is 83.8 Å². The number of aryl methyl sites for hydroxylation is 1. The molecule has 2 aromatic rings. The van der Waals surface area contributed by atoms with Crippen LogP contribution in [0.25, 0.3) is 0 Å². The molecule has 0 aliphatic carbocycles. The third-order valence-electron chi connectivity index (χ3n) is 3.69. The Morgan fingerprint density at radius 2 is 1.71 bits per heavy atom. The Bertz CT molecular complexity index is 769. The van der Waals surface area contributed by atoms with Gasteiger partial charge in [-0.1, -0.05) is 50.5 Å². The first-order valence-electron chi connectivity index (χ1n) is 7.98. The van der Waals surface area contributed by atoms with E-state index < -0.39 is 10.1 Å². The van der Waals surface area contributed by atoms with E-state index in [0.717, 1.165) is 25.7 Å². The third kappa shape index (κ3) is 4.72. The fourth-order valence-electron chi connectivity index (χ4n) is 2.52. The van der Waals surface area contributed by atoms with Gasteiger partial charge in [-0.2, -0.15) is 8.42 Å². The number of ether oxygens (including phenoxy) is 1. The molecule has 0 saturated carbocycles. The van der Waals surface area contributed by atoms with Crippen molar-refractivity contribution >= 4 is 10.1 Å². The van der Waals surface area contributed by atoms with Crippen molar-refractivity contribution in [1.82, 2.24) is 0 Å². The molecule has 24 heavy (non-hydrogen) atoms. The molecule has 0 amide bonds. The lowest BCUT2D eigenvalue weighted by atomic mass is 10.1. The number of phenols is 1. The maximum atomic E-state index is 11.9. The van der Waals surface area contributed by atoms with Gasteiger partial charge in [-0.3, -0.25) is 4.55 Å². The zero-order valence-corrected chi connectivity index (χ0v) is 14.4. The van der Waals surface area contributed by atoms with Gasteiger partial charge in [0, 0.05) is 0 Å². The molecule has 2 rings (SSSR count). The molecule has 0 aromatic heterocycles. The van der Waals surface area contributed by atoms with Crippen molar-refractivity contribution in [3.05, 3.63) is 48.0 Å². The van der Waals surface area contributed by atoms with E-state index in [9.17, 15) is 18.1 Å². The first-order chi connectivity index (χ1) is 11.4. The molecule has 2 N–H and O–H groups in total. The van der Waals surface area contributed by atoms with Crippen molar-refractivity contribution in [2.24, 2.45) is 0 Å². The quantitative estimate of drug-likeness (QED) is 0.539. The van der Waals surface area contributed by atoms with Crippen LogP contribution in [0.5, 0.6) is 17.2 Å². The maximum Gasteiger partial charge on any atom is 0.298 e. The van der Waals surface area contributed by atoms with E-state index in [1.54, 1.807) is 30.3 Å². The molecule has 0 fully saturated rings. The molecule has 0 saturated heterocycles. The van der Waals surface area contributed by atoms with Crippen LogP contribution in [0, 0.1) is 0 Å². The number of aromatic hydroxyl groups is 1. The van der Waals surface area contributed by atoms with Gasteiger partial charge in [0.25, 0.3) is 10.1 Å². The van der Waals surface area contributed by atoms with Crippen LogP contribution < -0.4 is 4.74 Å². The minimum atomic E-state index is -4.53. The van der Waals surface area contributed by atoms with Crippen molar-refractivity contribution < 1.29 is 22.8 Å². The normalized spacial score (nSPS) is 11.4. The van der Waals surface area contributed by atoms with Crippen molar-refractivity contribution in [3.63, 3.8) is 0 Å². The van der Waals surface area contributed by atoms with Crippen LogP contribution >= 0.6 is 0 Å². The molecule has 0 spiro atoms. The maximum absolute atomic E-state index is 11.9. The Labute approximate surface area is 142 Å². The number of phenolic OH excluding ortho intramolecular Hbond substituents is 1. The van der Waals surface area contributed by atoms with Gasteiger partial charge in [0.15, 0.2) is 11.5 Å². The fourth-order valence-corrected chi connectivity index (χ4v) is 3.40. The van der Waals surface area contributed by atoms with Crippen LogP contribution in [0.4, 0.5) is 0 Å². The van der Waals surface area contributed by atoms with Gasteiger partial charge >= 0.3 is 0 Å². The number of hydrogen-bond acceptors (Lipinski definition) is 4. The first kappa shape index (κ1) is 18.3. The van der Waals surface area contributed by atoms with Crippen molar-refractivity contribution in [2.75, 3.05) is 0 Å². The highest BCUT2D eigenvalue weighted by atomic mass is 32.2. The zero-order valence-electron chi connectivity index (χ0n) is 13.6. The molecule has 0 atom stereocenters. The summed E-state index contributed by atoms with van der Waals surface area (Å²) in [6.07, 6.45) is 4.39. The zero-order chi connectivity index (χ0) is 17.6. The number of unbranched alkanes of at least 4 members (excludes halogenated alkanes) is 3. The second kappa shape index (κ2) is 8.17. The predicted octanol–water partition coefficient (Wildman–Crippen LogP) is 4.55. The standard InChI is InChI=1S/C18H22O5S/c1-2-3-4-6-9-14-12-13-16(19)17(18(14)24(20,21)22)23-15-10-7-5-8-11-15/h5,7-8,10-13,19H,2-4,6,9H2,1H3,(H,20,21,22). The number of benzene rings is 2. The molecule has 0 radical (unpaired) electrons. The summed E-state index contributed by atoms with van der Waals surface area (Å²) in [5.41, 5.74) is 0.442. The van der Waals surface area contributed by atoms with E-state index in [-0.39, 0.29) is 16.4 Å². The Balaban J connectivity index is 2.40. The smallest absolute Gasteiger partial charge is 0.298 e. The van der Waals surface area contributed by atoms with Crippen LogP contribution in [0.1, 0.15) is 38.2 Å². The van der Waals surface area contributed by atoms with Crippen molar-refractivity contribution in [3.8, 4) is 17.2 Å². The summed E-state index contributed by atoms with van der Waals surface area (Å²) in [7, 11) is -4.53. The van der Waals surface area contributed by atoms with Gasteiger partial charge in [0.2, 0.25) is 0 Å². The SMILES string of the molecule is CCCCCCc1ccc(O)c(Oc2ccccc2)c1S(=O)(=O)O. The lowest BCUT2D eigenvalue weighted by molar-refractivity contribution is 0.395. The van der Waals surface area contributed by atoms with E-state index in [4.69, 9.17) is 4.74 Å². The average Bonchev–Trinajstić information content (AvgIpc) is 2.54. The van der Waals surface area contributed by atoms with E-state index >= 15 is 0 Å². The molecular weight excluding hydrogens is 328 g/mol. The fraction of sp³-hybridized carbons (Fsp3) is 0.333. The molecule has 5 nitrogen and oxygen atoms in total. The van der Waals surface area contributed by atoms with E-state index in [1.165, 1.54) is 12.1 Å². The molecule has 0 unspecified atom stereocenters. The average molecular weight is 350 g/mol. The molecule has 0 heterocycles. The van der Waals surface area contributed by atoms with Gasteiger partial charge < -0.3 is 9.84 Å². The molecular formula is C18H22O5S. The summed E-state index contributed by atoms with van der Waals surface area (Å²) in [4.78, 5) is -0.358. The van der Waals surface area contributed by atoms with Crippen LogP contribution in [0.2, 0.25) is 0 Å². The van der Waals surface area contributed by atoms with Crippen LogP contribution in [0.15, 0.2) is 47.4 Å². The third-order valence-corrected chi connectivity index (χ3v) is 4.66. The molecule has 0 bridgehead atoms. The highest BCUT2D eigenvalue weighted by Crippen LogP contribution is 2.39. The first-order valence-corrected chi connectivity index (χ1v) is 9.42. The highest BCUT2D eigenvalue weighted by molar-refractivity contribution is 7.86. The second-order valence-corrected chi connectivity index (χ2v) is 6.96. The minimum Gasteiger partial charge on any atom is -0.504 e. The Hall–Kier alpha value is -2.05. The molecule has 130 valence electrons. The summed E-state index contributed by atoms with van der Waals surface area (Å²) >= 11 is 0. The van der Waals surface area contributed by atoms with Gasteiger partial charge in [-0.25, -0.2) is 0 Å². The number of rotatable bonds is 8. The van der Waals surface area contributed by atoms with E-state index in [2.05, 4.69) is 6.92 Å². The van der Waals surface area contributed by atoms with Crippen LogP contribution in [0.3, 0.4) is 0 Å². The Kier molecular flexibility index (Phi) is 6.23. The van der Waals surface area contributed by atoms with Crippen molar-refractivity contribution in [1.29, 1.82) is 0 Å². The molecule has 0 aliphatic rings. The summed E-state index contributed by atoms with van der Waals surface area (Å²) in [6.45, 7) is 2.09. The lowest BCUT2D eigenvalue weighted by Crippen LogP contribution is -2.06. The van der Waals surface area contributed by atoms with E-state index in [1.807, 2.05) is 0 Å². The van der Waals surface area contributed by atoms with Crippen LogP contribution in [-0.4, -0.2) is 18.1 Å². The summed E-state index contributed by atoms with van der Waals surface area (Å²) in [5.74, 6) is -0.193. The molecule has 0 aliphatic heterocycles. The monoisotopic (exact) mass is 350 g/mol. The summed E-state index contributed by atoms with van der Waals surface area (Å²) in [5, 5.41) is 10.0. The molecule has 2 aromatic carbocycles. The second-order valence-electron chi connectivity index (χ2n) is 5.60. The van der Waals surface area contributed by atoms with E-state index in [0.29, 0.717) is 17.7 Å². The lowest BCUT2D eigenvalue weighted by Gasteiger charge is -2.15. The minimum absolute atomic E-state index is 0.239. The number of hydrogen-bond donors (Lipinski definition) is 2. The number of para-hydroxylation sites is 1. The highest BCUT2D eigenvalue weighted by Gasteiger charge is 2.25. The van der Waals surface area contributed by atoms with Gasteiger partial charge in [-0.15, -0.1) is 0 Å². The summed E-state index contributed by atoms with van der Waals surface area (Å²) < 4.78 is 38.9. The van der Waals surface area contributed by atoms with Gasteiger partial charge in [0.05, 0.1) is 0 Å². The largest absolute Gasteiger partial charge is 0.504 e. The Morgan fingerprint density at radius 1 is 1.00 bits per heavy atom. The Morgan fingerprint density at radius 3 is 2.33 bits per heavy atom. The van der Waals surface area contributed by atoms with Crippen molar-refractivity contribution in [2.45, 2.75) is 43.9 Å². The summed E-state index contributed by atoms with van der Waals surface area (Å²) in [6, 6.07) is 11.4.